The Morgan fingerprint density at radius 1 is 0.812 bits per heavy atom. The molecule has 0 bridgehead atoms. The van der Waals surface area contributed by atoms with Crippen molar-refractivity contribution in [2.75, 3.05) is 11.4 Å². The van der Waals surface area contributed by atoms with Gasteiger partial charge in [-0.2, -0.15) is 0 Å². The van der Waals surface area contributed by atoms with Gasteiger partial charge < -0.3 is 4.90 Å². The molecule has 6 rings (SSSR count). The fourth-order valence-corrected chi connectivity index (χ4v) is 5.33. The van der Waals surface area contributed by atoms with Crippen molar-refractivity contribution in [2.45, 2.75) is 38.8 Å². The number of para-hydroxylation sites is 1. The number of carbonyl (C=O) groups excluding carboxylic acids is 1. The molecular weight excluding hydrogens is 398 g/mol. The van der Waals surface area contributed by atoms with E-state index in [0.717, 1.165) is 53.5 Å². The summed E-state index contributed by atoms with van der Waals surface area (Å²) >= 11 is 0. The van der Waals surface area contributed by atoms with E-state index in [-0.39, 0.29) is 18.1 Å². The van der Waals surface area contributed by atoms with Crippen LogP contribution >= 0.6 is 0 Å². The van der Waals surface area contributed by atoms with Gasteiger partial charge in [0.25, 0.3) is 0 Å². The van der Waals surface area contributed by atoms with Crippen molar-refractivity contribution in [2.24, 2.45) is 0 Å². The number of amides is 1. The lowest BCUT2D eigenvalue weighted by Gasteiger charge is -2.29. The Hall–Kier alpha value is -3.60. The molecule has 0 unspecified atom stereocenters. The number of aromatic nitrogens is 2. The number of benzene rings is 3. The predicted molar refractivity (Wildman–Crippen MR) is 127 cm³/mol. The first-order valence-electron chi connectivity index (χ1n) is 11.4. The van der Waals surface area contributed by atoms with Crippen molar-refractivity contribution in [3.05, 3.63) is 88.3 Å². The third kappa shape index (κ3) is 3.00. The van der Waals surface area contributed by atoms with Crippen LogP contribution in [0.2, 0.25) is 0 Å². The third-order valence-corrected chi connectivity index (χ3v) is 6.83. The van der Waals surface area contributed by atoms with Crippen LogP contribution in [0, 0.1) is 0 Å². The molecule has 0 aliphatic carbocycles. The number of nitrogens with zero attached hydrogens (tertiary/aromatic N) is 3. The van der Waals surface area contributed by atoms with Gasteiger partial charge in [0.05, 0.1) is 11.0 Å². The second-order valence-electron chi connectivity index (χ2n) is 8.77. The molecule has 160 valence electrons. The first-order valence-corrected chi connectivity index (χ1v) is 11.4. The first kappa shape index (κ1) is 19.1. The molecule has 5 nitrogen and oxygen atoms in total. The molecule has 0 radical (unpaired) electrons. The van der Waals surface area contributed by atoms with E-state index < -0.39 is 0 Å². The van der Waals surface area contributed by atoms with Crippen LogP contribution in [0.25, 0.3) is 22.2 Å². The normalized spacial score (nSPS) is 15.1. The zero-order valence-electron chi connectivity index (χ0n) is 18.0. The molecule has 2 aliphatic heterocycles. The maximum atomic E-state index is 13.4. The number of rotatable bonds is 3. The summed E-state index contributed by atoms with van der Waals surface area (Å²) in [7, 11) is 0. The van der Waals surface area contributed by atoms with Gasteiger partial charge in [0.15, 0.2) is 0 Å². The highest BCUT2D eigenvalue weighted by molar-refractivity contribution is 5.96. The Balaban J connectivity index is 1.46. The van der Waals surface area contributed by atoms with Crippen LogP contribution in [-0.4, -0.2) is 21.6 Å². The maximum Gasteiger partial charge on any atom is 0.329 e. The van der Waals surface area contributed by atoms with Crippen LogP contribution in [0.3, 0.4) is 0 Å². The molecule has 0 saturated heterocycles. The van der Waals surface area contributed by atoms with Crippen molar-refractivity contribution in [1.82, 2.24) is 9.13 Å². The summed E-state index contributed by atoms with van der Waals surface area (Å²) in [5.41, 5.74) is 7.38. The standard InChI is InChI=1S/C27H25N3O2/c31-25(28-14-6-11-20-10-4-5-13-23(20)28)18-30-24-17-22(19-8-2-1-3-9-19)16-21-12-7-15-29(26(21)24)27(30)32/h1-5,8-10,13,16-17H,6-7,11-12,14-15,18H2. The average molecular weight is 424 g/mol. The smallest absolute Gasteiger partial charge is 0.311 e. The Morgan fingerprint density at radius 2 is 1.56 bits per heavy atom. The largest absolute Gasteiger partial charge is 0.329 e. The minimum Gasteiger partial charge on any atom is -0.311 e. The summed E-state index contributed by atoms with van der Waals surface area (Å²) in [6, 6.07) is 22.6. The summed E-state index contributed by atoms with van der Waals surface area (Å²) in [5.74, 6) is -0.0239. The van der Waals surface area contributed by atoms with Crippen LogP contribution < -0.4 is 10.6 Å². The third-order valence-electron chi connectivity index (χ3n) is 6.83. The Kier molecular flexibility index (Phi) is 4.49. The average Bonchev–Trinajstić information content (AvgIpc) is 3.11. The lowest BCUT2D eigenvalue weighted by molar-refractivity contribution is -0.119. The van der Waals surface area contributed by atoms with Gasteiger partial charge in [0, 0.05) is 18.8 Å². The second-order valence-corrected chi connectivity index (χ2v) is 8.77. The molecule has 3 heterocycles. The van der Waals surface area contributed by atoms with Crippen LogP contribution in [0.1, 0.15) is 24.0 Å². The minimum atomic E-state index is -0.0789. The molecule has 5 heteroatoms. The van der Waals surface area contributed by atoms with E-state index in [4.69, 9.17) is 0 Å². The van der Waals surface area contributed by atoms with E-state index in [2.05, 4.69) is 30.3 Å². The van der Waals surface area contributed by atoms with Crippen molar-refractivity contribution >= 4 is 22.6 Å². The monoisotopic (exact) mass is 423 g/mol. The van der Waals surface area contributed by atoms with Crippen LogP contribution in [0.4, 0.5) is 5.69 Å². The zero-order chi connectivity index (χ0) is 21.7. The molecule has 0 atom stereocenters. The summed E-state index contributed by atoms with van der Waals surface area (Å²) in [6.45, 7) is 1.47. The molecule has 0 saturated carbocycles. The Labute approximate surface area is 186 Å². The fraction of sp³-hybridized carbons (Fsp3) is 0.259. The van der Waals surface area contributed by atoms with E-state index in [1.807, 2.05) is 45.9 Å². The fourth-order valence-electron chi connectivity index (χ4n) is 5.33. The van der Waals surface area contributed by atoms with E-state index in [1.165, 1.54) is 11.1 Å². The molecule has 0 fully saturated rings. The van der Waals surface area contributed by atoms with Crippen molar-refractivity contribution in [3.8, 4) is 11.1 Å². The van der Waals surface area contributed by atoms with Crippen molar-refractivity contribution in [1.29, 1.82) is 0 Å². The molecule has 0 spiro atoms. The first-order chi connectivity index (χ1) is 15.7. The number of hydrogen-bond acceptors (Lipinski definition) is 2. The van der Waals surface area contributed by atoms with Gasteiger partial charge in [-0.25, -0.2) is 4.79 Å². The highest BCUT2D eigenvalue weighted by atomic mass is 16.2. The van der Waals surface area contributed by atoms with Gasteiger partial charge in [0.2, 0.25) is 5.91 Å². The number of hydrogen-bond donors (Lipinski definition) is 0. The molecule has 2 aliphatic rings. The maximum absolute atomic E-state index is 13.4. The van der Waals surface area contributed by atoms with Gasteiger partial charge in [0.1, 0.15) is 6.54 Å². The van der Waals surface area contributed by atoms with Crippen LogP contribution in [0.5, 0.6) is 0 Å². The molecular formula is C27H25N3O2. The molecule has 0 N–H and O–H groups in total. The molecule has 1 aromatic heterocycles. The highest BCUT2D eigenvalue weighted by Crippen LogP contribution is 2.31. The quantitative estimate of drug-likeness (QED) is 0.491. The van der Waals surface area contributed by atoms with Gasteiger partial charge in [-0.1, -0.05) is 48.5 Å². The summed E-state index contributed by atoms with van der Waals surface area (Å²) in [6.07, 6.45) is 3.83. The van der Waals surface area contributed by atoms with E-state index in [1.54, 1.807) is 4.57 Å². The summed E-state index contributed by atoms with van der Waals surface area (Å²) < 4.78 is 3.55. The second kappa shape index (κ2) is 7.52. The number of anilines is 1. The Bertz CT molecular complexity index is 1400. The Morgan fingerprint density at radius 3 is 2.44 bits per heavy atom. The van der Waals surface area contributed by atoms with E-state index in [9.17, 15) is 9.59 Å². The highest BCUT2D eigenvalue weighted by Gasteiger charge is 2.26. The topological polar surface area (TPSA) is 47.2 Å². The summed E-state index contributed by atoms with van der Waals surface area (Å²) in [5, 5.41) is 0. The van der Waals surface area contributed by atoms with Crippen LogP contribution in [-0.2, 0) is 30.7 Å². The molecule has 4 aromatic rings. The van der Waals surface area contributed by atoms with Crippen molar-refractivity contribution < 1.29 is 4.79 Å². The van der Waals surface area contributed by atoms with Gasteiger partial charge in [-0.15, -0.1) is 0 Å². The lowest BCUT2D eigenvalue weighted by atomic mass is 9.97. The zero-order valence-corrected chi connectivity index (χ0v) is 18.0. The van der Waals surface area contributed by atoms with Crippen molar-refractivity contribution in [3.63, 3.8) is 0 Å². The summed E-state index contributed by atoms with van der Waals surface area (Å²) in [4.78, 5) is 28.7. The molecule has 32 heavy (non-hydrogen) atoms. The molecule has 1 amide bonds. The van der Waals surface area contributed by atoms with Crippen LogP contribution in [0.15, 0.2) is 71.5 Å². The minimum absolute atomic E-state index is 0.0239. The van der Waals surface area contributed by atoms with Gasteiger partial charge >= 0.3 is 5.69 Å². The molecule has 3 aromatic carbocycles. The van der Waals surface area contributed by atoms with E-state index >= 15 is 0 Å². The number of carbonyl (C=O) groups is 1. The number of aryl methyl sites for hydroxylation is 3. The van der Waals surface area contributed by atoms with Gasteiger partial charge in [-0.3, -0.25) is 13.9 Å². The number of fused-ring (bicyclic) bond motifs is 1. The predicted octanol–water partition coefficient (Wildman–Crippen LogP) is 4.40. The van der Waals surface area contributed by atoms with Gasteiger partial charge in [-0.05, 0) is 66.1 Å². The SMILES string of the molecule is O=C(Cn1c(=O)n2c3c(cc(-c4ccccc4)cc31)CCC2)N1CCCc2ccccc21. The lowest BCUT2D eigenvalue weighted by Crippen LogP contribution is -2.39. The van der Waals surface area contributed by atoms with E-state index in [0.29, 0.717) is 13.1 Å². The number of imidazole rings is 1.